The highest BCUT2D eigenvalue weighted by molar-refractivity contribution is 7.13. The van der Waals surface area contributed by atoms with Crippen molar-refractivity contribution in [2.24, 2.45) is 0 Å². The van der Waals surface area contributed by atoms with Gasteiger partial charge in [0.15, 0.2) is 5.13 Å². The first-order chi connectivity index (χ1) is 10.7. The maximum absolute atomic E-state index is 12.9. The van der Waals surface area contributed by atoms with Crippen LogP contribution in [0.25, 0.3) is 21.9 Å². The molecule has 2 N–H and O–H groups in total. The van der Waals surface area contributed by atoms with Crippen molar-refractivity contribution in [1.29, 1.82) is 0 Å². The second kappa shape index (κ2) is 4.92. The molecule has 0 saturated heterocycles. The van der Waals surface area contributed by atoms with E-state index >= 15 is 0 Å². The fourth-order valence-corrected chi connectivity index (χ4v) is 3.10. The molecule has 0 aliphatic carbocycles. The highest BCUT2D eigenvalue weighted by Gasteiger charge is 2.11. The van der Waals surface area contributed by atoms with Crippen LogP contribution < -0.4 is 10.1 Å². The smallest absolute Gasteiger partial charge is 0.261 e. The highest BCUT2D eigenvalue weighted by Crippen LogP contribution is 2.25. The first kappa shape index (κ1) is 13.0. The number of aromatic nitrogens is 2. The van der Waals surface area contributed by atoms with Crippen LogP contribution in [0.2, 0.25) is 0 Å². The molecule has 0 spiro atoms. The maximum Gasteiger partial charge on any atom is 0.261 e. The molecule has 2 aromatic carbocycles. The average Bonchev–Trinajstić information content (AvgIpc) is 2.89. The number of anilines is 2. The number of halogens is 1. The van der Waals surface area contributed by atoms with Crippen molar-refractivity contribution >= 4 is 44.1 Å². The van der Waals surface area contributed by atoms with E-state index in [1.165, 1.54) is 12.1 Å². The average molecular weight is 311 g/mol. The van der Waals surface area contributed by atoms with Crippen LogP contribution in [0.15, 0.2) is 53.3 Å². The van der Waals surface area contributed by atoms with Gasteiger partial charge in [0.1, 0.15) is 16.9 Å². The number of nitrogens with zero attached hydrogens (tertiary/aromatic N) is 1. The molecule has 0 atom stereocenters. The van der Waals surface area contributed by atoms with Crippen molar-refractivity contribution in [2.45, 2.75) is 0 Å². The zero-order valence-electron chi connectivity index (χ0n) is 11.3. The lowest BCUT2D eigenvalue weighted by molar-refractivity contribution is 0.628. The number of benzene rings is 2. The normalized spacial score (nSPS) is 11.1. The lowest BCUT2D eigenvalue weighted by atomic mass is 10.2. The molecule has 0 amide bonds. The van der Waals surface area contributed by atoms with Crippen LogP contribution in [0.4, 0.5) is 15.2 Å². The molecule has 4 nitrogen and oxygen atoms in total. The van der Waals surface area contributed by atoms with Gasteiger partial charge in [-0.15, -0.1) is 0 Å². The zero-order valence-corrected chi connectivity index (χ0v) is 12.1. The summed E-state index contributed by atoms with van der Waals surface area (Å²) < 4.78 is 12.8. The van der Waals surface area contributed by atoms with E-state index < -0.39 is 0 Å². The molecule has 4 rings (SSSR count). The van der Waals surface area contributed by atoms with E-state index in [4.69, 9.17) is 0 Å². The summed E-state index contributed by atoms with van der Waals surface area (Å²) in [6.07, 6.45) is 0. The van der Waals surface area contributed by atoms with Crippen LogP contribution in [0, 0.1) is 5.82 Å². The number of rotatable bonds is 2. The summed E-state index contributed by atoms with van der Waals surface area (Å²) >= 11 is 1.02. The maximum atomic E-state index is 12.9. The Labute approximate surface area is 128 Å². The Morgan fingerprint density at radius 3 is 2.68 bits per heavy atom. The molecule has 22 heavy (non-hydrogen) atoms. The highest BCUT2D eigenvalue weighted by atomic mass is 32.1. The van der Waals surface area contributed by atoms with Gasteiger partial charge in [-0.1, -0.05) is 29.5 Å². The molecule has 0 bridgehead atoms. The van der Waals surface area contributed by atoms with Crippen molar-refractivity contribution in [2.75, 3.05) is 5.32 Å². The van der Waals surface area contributed by atoms with Crippen LogP contribution in [-0.4, -0.2) is 9.97 Å². The number of para-hydroxylation sites is 1. The topological polar surface area (TPSA) is 57.8 Å². The number of fused-ring (bicyclic) bond motifs is 3. The summed E-state index contributed by atoms with van der Waals surface area (Å²) in [5.41, 5.74) is 2.72. The third-order valence-electron chi connectivity index (χ3n) is 3.38. The Kier molecular flexibility index (Phi) is 2.90. The van der Waals surface area contributed by atoms with Gasteiger partial charge in [-0.3, -0.25) is 4.79 Å². The van der Waals surface area contributed by atoms with Gasteiger partial charge in [-0.2, -0.15) is 0 Å². The Hall–Kier alpha value is -2.73. The third-order valence-corrected chi connectivity index (χ3v) is 4.16. The van der Waals surface area contributed by atoms with Gasteiger partial charge in [0, 0.05) is 16.6 Å². The van der Waals surface area contributed by atoms with Gasteiger partial charge in [-0.05, 0) is 30.3 Å². The van der Waals surface area contributed by atoms with Gasteiger partial charge in [-0.25, -0.2) is 9.37 Å². The van der Waals surface area contributed by atoms with Crippen molar-refractivity contribution in [3.63, 3.8) is 0 Å². The van der Waals surface area contributed by atoms with Gasteiger partial charge < -0.3 is 10.3 Å². The molecule has 0 radical (unpaired) electrons. The van der Waals surface area contributed by atoms with Crippen LogP contribution in [0.1, 0.15) is 0 Å². The van der Waals surface area contributed by atoms with E-state index in [2.05, 4.69) is 15.3 Å². The third kappa shape index (κ3) is 2.14. The Bertz CT molecular complexity index is 1040. The summed E-state index contributed by atoms with van der Waals surface area (Å²) in [5.74, 6) is -0.307. The summed E-state index contributed by atoms with van der Waals surface area (Å²) in [6, 6.07) is 13.6. The standard InChI is InChI=1S/C16H10FN3OS/c17-9-5-7-10(8-6-9)18-16-20-13-11-3-1-2-4-12(11)19-14(13)15(21)22-16/h1-8,19H,(H,18,20). The van der Waals surface area contributed by atoms with Crippen molar-refractivity contribution in [3.05, 3.63) is 63.9 Å². The molecule has 2 aromatic heterocycles. The van der Waals surface area contributed by atoms with Gasteiger partial charge in [0.05, 0.1) is 0 Å². The van der Waals surface area contributed by atoms with Crippen LogP contribution in [0.5, 0.6) is 0 Å². The minimum Gasteiger partial charge on any atom is -0.349 e. The van der Waals surface area contributed by atoms with Crippen LogP contribution in [0.3, 0.4) is 0 Å². The monoisotopic (exact) mass is 311 g/mol. The van der Waals surface area contributed by atoms with Crippen LogP contribution >= 0.6 is 11.3 Å². The fourth-order valence-electron chi connectivity index (χ4n) is 2.36. The van der Waals surface area contributed by atoms with E-state index in [1.54, 1.807) is 12.1 Å². The second-order valence-corrected chi connectivity index (χ2v) is 5.79. The van der Waals surface area contributed by atoms with E-state index in [-0.39, 0.29) is 10.6 Å². The van der Waals surface area contributed by atoms with Crippen molar-refractivity contribution in [1.82, 2.24) is 9.97 Å². The second-order valence-electron chi connectivity index (χ2n) is 4.83. The zero-order chi connectivity index (χ0) is 15.1. The van der Waals surface area contributed by atoms with Gasteiger partial charge in [0.25, 0.3) is 4.74 Å². The summed E-state index contributed by atoms with van der Waals surface area (Å²) in [6.45, 7) is 0. The molecule has 0 fully saturated rings. The summed E-state index contributed by atoms with van der Waals surface area (Å²) in [7, 11) is 0. The SMILES string of the molecule is O=c1sc(Nc2ccc(F)cc2)nc2c1[nH]c1ccccc12. The lowest BCUT2D eigenvalue weighted by Gasteiger charge is -2.04. The number of aromatic amines is 1. The molecule has 108 valence electrons. The number of hydrogen-bond acceptors (Lipinski definition) is 4. The molecule has 4 aromatic rings. The number of hydrogen-bond donors (Lipinski definition) is 2. The van der Waals surface area contributed by atoms with E-state index in [9.17, 15) is 9.18 Å². The van der Waals surface area contributed by atoms with Crippen molar-refractivity contribution in [3.8, 4) is 0 Å². The largest absolute Gasteiger partial charge is 0.349 e. The molecular formula is C16H10FN3OS. The summed E-state index contributed by atoms with van der Waals surface area (Å²) in [5, 5.41) is 4.43. The molecule has 6 heteroatoms. The van der Waals surface area contributed by atoms with Crippen LogP contribution in [-0.2, 0) is 0 Å². The van der Waals surface area contributed by atoms with E-state index in [0.29, 0.717) is 21.9 Å². The van der Waals surface area contributed by atoms with Crippen molar-refractivity contribution < 1.29 is 4.39 Å². The number of nitrogens with one attached hydrogen (secondary N) is 2. The predicted octanol–water partition coefficient (Wildman–Crippen LogP) is 4.02. The lowest BCUT2D eigenvalue weighted by Crippen LogP contribution is -2.00. The first-order valence-electron chi connectivity index (χ1n) is 6.65. The molecule has 2 heterocycles. The minimum atomic E-state index is -0.307. The molecular weight excluding hydrogens is 301 g/mol. The minimum absolute atomic E-state index is 0.0918. The molecule has 0 saturated carbocycles. The molecule has 0 aliphatic heterocycles. The Balaban J connectivity index is 1.86. The predicted molar refractivity (Wildman–Crippen MR) is 87.4 cm³/mol. The Morgan fingerprint density at radius 2 is 1.86 bits per heavy atom. The molecule has 0 aliphatic rings. The van der Waals surface area contributed by atoms with E-state index in [1.807, 2.05) is 24.3 Å². The van der Waals surface area contributed by atoms with Gasteiger partial charge >= 0.3 is 0 Å². The summed E-state index contributed by atoms with van der Waals surface area (Å²) in [4.78, 5) is 19.9. The quantitative estimate of drug-likeness (QED) is 0.588. The van der Waals surface area contributed by atoms with Gasteiger partial charge in [0.2, 0.25) is 0 Å². The fraction of sp³-hybridized carbons (Fsp3) is 0. The Morgan fingerprint density at radius 1 is 1.09 bits per heavy atom. The number of H-pyrrole nitrogens is 1. The van der Waals surface area contributed by atoms with E-state index in [0.717, 1.165) is 22.2 Å². The molecule has 0 unspecified atom stereocenters. The first-order valence-corrected chi connectivity index (χ1v) is 7.46.